The number of hydrogen-bond donors (Lipinski definition) is 1. The van der Waals surface area contributed by atoms with E-state index >= 15 is 0 Å². The second-order valence-electron chi connectivity index (χ2n) is 4.10. The van der Waals surface area contributed by atoms with Crippen LogP contribution in [0.3, 0.4) is 0 Å². The van der Waals surface area contributed by atoms with E-state index in [9.17, 15) is 4.79 Å². The van der Waals surface area contributed by atoms with E-state index in [1.807, 2.05) is 19.1 Å². The van der Waals surface area contributed by atoms with Gasteiger partial charge in [-0.3, -0.25) is 9.79 Å². The summed E-state index contributed by atoms with van der Waals surface area (Å²) < 4.78 is 0. The highest BCUT2D eigenvalue weighted by Gasteiger charge is 2.17. The molecule has 0 bridgehead atoms. The molecule has 1 atom stereocenters. The Labute approximate surface area is 116 Å². The number of thioether (sulfide) groups is 2. The maximum atomic E-state index is 11.9. The standard InChI is InChI=1S/C13H16N2OS2/c1-9-3-5-11(6-4-9)18-10(2)12(16)15-13-14-7-8-17-13/h3-6,10H,7-8H2,1-2H3,(H,14,15,16)/t10-/m1/s1. The van der Waals surface area contributed by atoms with Gasteiger partial charge in [0.05, 0.1) is 11.8 Å². The van der Waals surface area contributed by atoms with Crippen molar-refractivity contribution in [3.8, 4) is 0 Å². The molecule has 1 heterocycles. The molecule has 1 amide bonds. The predicted octanol–water partition coefficient (Wildman–Crippen LogP) is 2.69. The molecule has 1 aromatic carbocycles. The summed E-state index contributed by atoms with van der Waals surface area (Å²) in [6, 6.07) is 8.21. The third kappa shape index (κ3) is 3.78. The topological polar surface area (TPSA) is 41.5 Å². The van der Waals surface area contributed by atoms with E-state index in [0.29, 0.717) is 0 Å². The van der Waals surface area contributed by atoms with Crippen LogP contribution in [0, 0.1) is 6.92 Å². The van der Waals surface area contributed by atoms with Gasteiger partial charge in [-0.05, 0) is 26.0 Å². The van der Waals surface area contributed by atoms with Crippen LogP contribution < -0.4 is 5.32 Å². The molecule has 1 aliphatic heterocycles. The Hall–Kier alpha value is -0.940. The van der Waals surface area contributed by atoms with Crippen molar-refractivity contribution in [2.75, 3.05) is 12.3 Å². The zero-order chi connectivity index (χ0) is 13.0. The van der Waals surface area contributed by atoms with Crippen molar-refractivity contribution in [1.82, 2.24) is 5.32 Å². The lowest BCUT2D eigenvalue weighted by molar-refractivity contribution is -0.118. The molecule has 0 aliphatic carbocycles. The second-order valence-corrected chi connectivity index (χ2v) is 6.60. The van der Waals surface area contributed by atoms with Gasteiger partial charge in [0.15, 0.2) is 5.17 Å². The van der Waals surface area contributed by atoms with E-state index in [2.05, 4.69) is 29.4 Å². The van der Waals surface area contributed by atoms with Crippen molar-refractivity contribution in [3.63, 3.8) is 0 Å². The van der Waals surface area contributed by atoms with Crippen LogP contribution in [0.25, 0.3) is 0 Å². The van der Waals surface area contributed by atoms with Gasteiger partial charge >= 0.3 is 0 Å². The summed E-state index contributed by atoms with van der Waals surface area (Å²) in [6.45, 7) is 4.78. The van der Waals surface area contributed by atoms with Crippen LogP contribution in [0.1, 0.15) is 12.5 Å². The summed E-state index contributed by atoms with van der Waals surface area (Å²) in [5.41, 5.74) is 1.23. The predicted molar refractivity (Wildman–Crippen MR) is 79.4 cm³/mol. The number of aliphatic imine (C=N–C) groups is 1. The van der Waals surface area contributed by atoms with Gasteiger partial charge in [-0.15, -0.1) is 11.8 Å². The number of nitrogens with one attached hydrogen (secondary N) is 1. The van der Waals surface area contributed by atoms with Crippen LogP contribution in [0.5, 0.6) is 0 Å². The van der Waals surface area contributed by atoms with Crippen molar-refractivity contribution >= 4 is 34.6 Å². The average Bonchev–Trinajstić information content (AvgIpc) is 2.85. The first-order valence-electron chi connectivity index (χ1n) is 5.86. The zero-order valence-electron chi connectivity index (χ0n) is 10.5. The van der Waals surface area contributed by atoms with Gasteiger partial charge in [0.2, 0.25) is 5.91 Å². The van der Waals surface area contributed by atoms with Gasteiger partial charge in [-0.1, -0.05) is 29.5 Å². The fourth-order valence-electron chi connectivity index (χ4n) is 1.49. The number of carbonyl (C=O) groups excluding carboxylic acids is 1. The van der Waals surface area contributed by atoms with Crippen LogP contribution in [-0.4, -0.2) is 28.6 Å². The van der Waals surface area contributed by atoms with Crippen molar-refractivity contribution in [2.24, 2.45) is 4.99 Å². The Morgan fingerprint density at radius 3 is 2.78 bits per heavy atom. The van der Waals surface area contributed by atoms with Crippen LogP contribution >= 0.6 is 23.5 Å². The molecule has 18 heavy (non-hydrogen) atoms. The molecule has 0 saturated heterocycles. The number of aryl methyl sites for hydroxylation is 1. The molecule has 1 aromatic rings. The lowest BCUT2D eigenvalue weighted by Crippen LogP contribution is -2.33. The SMILES string of the molecule is Cc1ccc(S[C@H](C)C(=O)NC2=NCCS2)cc1. The maximum absolute atomic E-state index is 11.9. The van der Waals surface area contributed by atoms with Crippen molar-refractivity contribution < 1.29 is 4.79 Å². The van der Waals surface area contributed by atoms with Gasteiger partial charge in [0.1, 0.15) is 0 Å². The first-order chi connectivity index (χ1) is 8.65. The Morgan fingerprint density at radius 2 is 2.17 bits per heavy atom. The van der Waals surface area contributed by atoms with E-state index in [1.165, 1.54) is 5.56 Å². The fraction of sp³-hybridized carbons (Fsp3) is 0.385. The molecule has 5 heteroatoms. The van der Waals surface area contributed by atoms with Gasteiger partial charge in [-0.25, -0.2) is 0 Å². The summed E-state index contributed by atoms with van der Waals surface area (Å²) in [7, 11) is 0. The molecule has 0 radical (unpaired) electrons. The Balaban J connectivity index is 1.88. The number of benzene rings is 1. The molecule has 1 aliphatic rings. The third-order valence-electron chi connectivity index (χ3n) is 2.52. The quantitative estimate of drug-likeness (QED) is 0.866. The van der Waals surface area contributed by atoms with Gasteiger partial charge < -0.3 is 5.32 Å². The summed E-state index contributed by atoms with van der Waals surface area (Å²) in [5.74, 6) is 0.989. The number of amides is 1. The summed E-state index contributed by atoms with van der Waals surface area (Å²) in [6.07, 6.45) is 0. The number of carbonyl (C=O) groups is 1. The average molecular weight is 280 g/mol. The van der Waals surface area contributed by atoms with Gasteiger partial charge in [0.25, 0.3) is 0 Å². The van der Waals surface area contributed by atoms with E-state index in [4.69, 9.17) is 0 Å². The number of rotatable bonds is 3. The third-order valence-corrected chi connectivity index (χ3v) is 4.52. The molecule has 0 saturated carbocycles. The highest BCUT2D eigenvalue weighted by atomic mass is 32.2. The minimum absolute atomic E-state index is 0.0220. The number of nitrogens with zero attached hydrogens (tertiary/aromatic N) is 1. The highest BCUT2D eigenvalue weighted by molar-refractivity contribution is 8.14. The monoisotopic (exact) mass is 280 g/mol. The van der Waals surface area contributed by atoms with Crippen molar-refractivity contribution in [2.45, 2.75) is 24.0 Å². The lowest BCUT2D eigenvalue weighted by atomic mass is 10.2. The van der Waals surface area contributed by atoms with E-state index in [-0.39, 0.29) is 11.2 Å². The molecule has 0 aromatic heterocycles. The first-order valence-corrected chi connectivity index (χ1v) is 7.73. The largest absolute Gasteiger partial charge is 0.304 e. The highest BCUT2D eigenvalue weighted by Crippen LogP contribution is 2.23. The molecule has 96 valence electrons. The molecule has 0 unspecified atom stereocenters. The first kappa shape index (κ1) is 13.5. The number of hydrogen-bond acceptors (Lipinski definition) is 4. The molecular weight excluding hydrogens is 264 g/mol. The van der Waals surface area contributed by atoms with Crippen LogP contribution in [0.2, 0.25) is 0 Å². The fourth-order valence-corrected chi connectivity index (χ4v) is 3.09. The minimum atomic E-state index is -0.114. The van der Waals surface area contributed by atoms with Crippen LogP contribution in [0.15, 0.2) is 34.2 Å². The summed E-state index contributed by atoms with van der Waals surface area (Å²) >= 11 is 3.17. The van der Waals surface area contributed by atoms with Crippen molar-refractivity contribution in [1.29, 1.82) is 0 Å². The summed E-state index contributed by atoms with van der Waals surface area (Å²) in [4.78, 5) is 17.3. The van der Waals surface area contributed by atoms with Gasteiger partial charge in [0, 0.05) is 10.6 Å². The zero-order valence-corrected chi connectivity index (χ0v) is 12.1. The maximum Gasteiger partial charge on any atom is 0.239 e. The van der Waals surface area contributed by atoms with Crippen LogP contribution in [0.4, 0.5) is 0 Å². The second kappa shape index (κ2) is 6.29. The molecule has 2 rings (SSSR count). The Bertz CT molecular complexity index is 457. The molecule has 1 N–H and O–H groups in total. The normalized spacial score (nSPS) is 16.2. The summed E-state index contributed by atoms with van der Waals surface area (Å²) in [5, 5.41) is 3.51. The van der Waals surface area contributed by atoms with Gasteiger partial charge in [-0.2, -0.15) is 0 Å². The minimum Gasteiger partial charge on any atom is -0.304 e. The van der Waals surface area contributed by atoms with Crippen LogP contribution in [-0.2, 0) is 4.79 Å². The molecule has 0 spiro atoms. The van der Waals surface area contributed by atoms with E-state index < -0.39 is 0 Å². The van der Waals surface area contributed by atoms with Crippen molar-refractivity contribution in [3.05, 3.63) is 29.8 Å². The van der Waals surface area contributed by atoms with E-state index in [0.717, 1.165) is 22.4 Å². The number of amidine groups is 1. The smallest absolute Gasteiger partial charge is 0.239 e. The molecule has 0 fully saturated rings. The Morgan fingerprint density at radius 1 is 1.44 bits per heavy atom. The molecule has 3 nitrogen and oxygen atoms in total. The lowest BCUT2D eigenvalue weighted by Gasteiger charge is -2.11. The van der Waals surface area contributed by atoms with E-state index in [1.54, 1.807) is 23.5 Å². The Kier molecular flexibility index (Phi) is 4.72. The molecular formula is C13H16N2OS2.